The van der Waals surface area contributed by atoms with Gasteiger partial charge in [-0.15, -0.1) is 0 Å². The van der Waals surface area contributed by atoms with E-state index in [-0.39, 0.29) is 59.5 Å². The second kappa shape index (κ2) is 17.1. The van der Waals surface area contributed by atoms with Crippen LogP contribution in [-0.2, 0) is 33.2 Å². The lowest BCUT2D eigenvalue weighted by Crippen LogP contribution is -2.17. The van der Waals surface area contributed by atoms with Gasteiger partial charge in [-0.2, -0.15) is 0 Å². The highest BCUT2D eigenvalue weighted by atomic mass is 16.8. The fourth-order valence-electron chi connectivity index (χ4n) is 2.37. The maximum atomic E-state index is 11.7. The van der Waals surface area contributed by atoms with Crippen molar-refractivity contribution in [1.82, 2.24) is 0 Å². The summed E-state index contributed by atoms with van der Waals surface area (Å²) in [6, 6.07) is 17.4. The van der Waals surface area contributed by atoms with E-state index < -0.39 is 18.1 Å². The van der Waals surface area contributed by atoms with Gasteiger partial charge in [0.2, 0.25) is 0 Å². The van der Waals surface area contributed by atoms with Crippen molar-refractivity contribution < 1.29 is 47.5 Å². The quantitative estimate of drug-likeness (QED) is 0.155. The summed E-state index contributed by atoms with van der Waals surface area (Å²) in [6.45, 7) is 0.677. The maximum Gasteiger partial charge on any atom is 0.510 e. The van der Waals surface area contributed by atoms with Gasteiger partial charge in [-0.25, -0.2) is 9.59 Å². The molecule has 34 heavy (non-hydrogen) atoms. The van der Waals surface area contributed by atoms with Crippen molar-refractivity contribution in [3.63, 3.8) is 0 Å². The van der Waals surface area contributed by atoms with Crippen molar-refractivity contribution in [2.45, 2.75) is 6.42 Å². The summed E-state index contributed by atoms with van der Waals surface area (Å²) >= 11 is 0. The van der Waals surface area contributed by atoms with Crippen LogP contribution in [0.3, 0.4) is 0 Å². The van der Waals surface area contributed by atoms with Gasteiger partial charge < -0.3 is 33.2 Å². The molecule has 0 unspecified atom stereocenters. The van der Waals surface area contributed by atoms with Gasteiger partial charge in [0.15, 0.2) is 6.79 Å². The van der Waals surface area contributed by atoms with Crippen molar-refractivity contribution in [3.8, 4) is 5.75 Å². The molecule has 0 saturated heterocycles. The average Bonchev–Trinajstić information content (AvgIpc) is 2.86. The summed E-state index contributed by atoms with van der Waals surface area (Å²) in [6.07, 6.45) is -0.828. The topological polar surface area (TPSA) is 116 Å². The van der Waals surface area contributed by atoms with Crippen LogP contribution in [0.15, 0.2) is 60.7 Å². The molecule has 0 saturated carbocycles. The number of carbonyl (C=O) groups excluding carboxylic acids is 3. The number of esters is 2. The molecule has 2 aromatic carbocycles. The van der Waals surface area contributed by atoms with Gasteiger partial charge >= 0.3 is 18.1 Å². The monoisotopic (exact) mass is 476 g/mol. The van der Waals surface area contributed by atoms with Gasteiger partial charge in [0.25, 0.3) is 0 Å². The zero-order chi connectivity index (χ0) is 24.3. The molecule has 0 N–H and O–H groups in total. The van der Waals surface area contributed by atoms with Crippen LogP contribution in [0.25, 0.3) is 0 Å². The normalized spacial score (nSPS) is 10.4. The van der Waals surface area contributed by atoms with Gasteiger partial charge in [0.1, 0.15) is 19.0 Å². The van der Waals surface area contributed by atoms with Gasteiger partial charge in [-0.3, -0.25) is 4.79 Å². The molecule has 0 spiro atoms. The van der Waals surface area contributed by atoms with Gasteiger partial charge in [-0.1, -0.05) is 36.4 Å². The zero-order valence-corrected chi connectivity index (χ0v) is 18.7. The van der Waals surface area contributed by atoms with Crippen LogP contribution in [0.5, 0.6) is 5.75 Å². The van der Waals surface area contributed by atoms with E-state index in [4.69, 9.17) is 33.2 Å². The molecule has 0 aliphatic heterocycles. The second-order valence-corrected chi connectivity index (χ2v) is 6.53. The summed E-state index contributed by atoms with van der Waals surface area (Å²) in [5, 5.41) is 0. The predicted octanol–water partition coefficient (Wildman–Crippen LogP) is 3.00. The Morgan fingerprint density at radius 2 is 1.18 bits per heavy atom. The van der Waals surface area contributed by atoms with Crippen molar-refractivity contribution in [2.75, 3.05) is 53.0 Å². The zero-order valence-electron chi connectivity index (χ0n) is 18.7. The molecule has 0 aliphatic rings. The Kier molecular flexibility index (Phi) is 13.4. The number of hydrogen-bond acceptors (Lipinski definition) is 10. The molecule has 0 bridgehead atoms. The number of hydrogen-bond donors (Lipinski definition) is 0. The third-order valence-corrected chi connectivity index (χ3v) is 3.98. The fourth-order valence-corrected chi connectivity index (χ4v) is 2.37. The fraction of sp³-hybridized carbons (Fsp3) is 0.375. The Morgan fingerprint density at radius 1 is 0.588 bits per heavy atom. The van der Waals surface area contributed by atoms with E-state index in [2.05, 4.69) is 0 Å². The maximum absolute atomic E-state index is 11.7. The van der Waals surface area contributed by atoms with Crippen LogP contribution < -0.4 is 4.74 Å². The highest BCUT2D eigenvalue weighted by Crippen LogP contribution is 2.09. The minimum atomic E-state index is -0.902. The molecule has 0 radical (unpaired) electrons. The summed E-state index contributed by atoms with van der Waals surface area (Å²) in [4.78, 5) is 34.7. The molecule has 0 aliphatic carbocycles. The van der Waals surface area contributed by atoms with Gasteiger partial charge in [-0.05, 0) is 24.3 Å². The summed E-state index contributed by atoms with van der Waals surface area (Å²) < 4.78 is 35.2. The van der Waals surface area contributed by atoms with Crippen LogP contribution in [-0.4, -0.2) is 71.1 Å². The smallest absolute Gasteiger partial charge is 0.460 e. The van der Waals surface area contributed by atoms with Gasteiger partial charge in [0, 0.05) is 0 Å². The number of ether oxygens (including phenoxy) is 7. The van der Waals surface area contributed by atoms with Crippen molar-refractivity contribution in [3.05, 3.63) is 66.2 Å². The van der Waals surface area contributed by atoms with Gasteiger partial charge in [0.05, 0.1) is 45.0 Å². The van der Waals surface area contributed by atoms with Crippen LogP contribution in [0.1, 0.15) is 16.8 Å². The summed E-state index contributed by atoms with van der Waals surface area (Å²) in [5.74, 6) is -0.360. The lowest BCUT2D eigenvalue weighted by Gasteiger charge is -2.08. The lowest BCUT2D eigenvalue weighted by atomic mass is 10.2. The standard InChI is InChI=1S/C24H28O10/c25-22(34-21-9-5-2-6-10-21)11-12-28-16-18-32-24(27)33-19-30-14-13-29-15-17-31-23(26)20-7-3-1-4-8-20/h1-10H,11-19H2. The third kappa shape index (κ3) is 12.5. The third-order valence-electron chi connectivity index (χ3n) is 3.98. The number of carbonyl (C=O) groups is 3. The van der Waals surface area contributed by atoms with Crippen LogP contribution in [0.4, 0.5) is 4.79 Å². The number of para-hydroxylation sites is 1. The van der Waals surface area contributed by atoms with E-state index in [0.717, 1.165) is 0 Å². The Hall–Kier alpha value is -3.47. The van der Waals surface area contributed by atoms with Crippen LogP contribution >= 0.6 is 0 Å². The van der Waals surface area contributed by atoms with E-state index in [1.807, 2.05) is 12.1 Å². The van der Waals surface area contributed by atoms with E-state index in [1.54, 1.807) is 48.5 Å². The summed E-state index contributed by atoms with van der Waals surface area (Å²) in [7, 11) is 0. The molecule has 184 valence electrons. The molecule has 0 amide bonds. The molecular formula is C24H28O10. The highest BCUT2D eigenvalue weighted by Gasteiger charge is 2.07. The first-order valence-corrected chi connectivity index (χ1v) is 10.7. The molecule has 10 heteroatoms. The second-order valence-electron chi connectivity index (χ2n) is 6.53. The number of rotatable bonds is 16. The minimum absolute atomic E-state index is 0.0304. The van der Waals surface area contributed by atoms with Crippen molar-refractivity contribution in [2.24, 2.45) is 0 Å². The SMILES string of the molecule is O=C(CCOCCOC(=O)OCOCCOCCOC(=O)c1ccccc1)Oc1ccccc1. The average molecular weight is 476 g/mol. The molecule has 0 fully saturated rings. The first-order chi connectivity index (χ1) is 16.6. The Morgan fingerprint density at radius 3 is 1.91 bits per heavy atom. The van der Waals surface area contributed by atoms with Crippen LogP contribution in [0.2, 0.25) is 0 Å². The Labute approximate surface area is 197 Å². The molecule has 0 heterocycles. The molecule has 0 atom stereocenters. The van der Waals surface area contributed by atoms with Crippen molar-refractivity contribution >= 4 is 18.1 Å². The van der Waals surface area contributed by atoms with E-state index in [9.17, 15) is 14.4 Å². The molecule has 0 aromatic heterocycles. The highest BCUT2D eigenvalue weighted by molar-refractivity contribution is 5.89. The van der Waals surface area contributed by atoms with E-state index in [1.165, 1.54) is 0 Å². The lowest BCUT2D eigenvalue weighted by molar-refractivity contribution is -0.135. The largest absolute Gasteiger partial charge is 0.510 e. The minimum Gasteiger partial charge on any atom is -0.460 e. The Bertz CT molecular complexity index is 841. The molecule has 10 nitrogen and oxygen atoms in total. The summed E-state index contributed by atoms with van der Waals surface area (Å²) in [5.41, 5.74) is 0.477. The van der Waals surface area contributed by atoms with E-state index in [0.29, 0.717) is 11.3 Å². The molecule has 2 rings (SSSR count). The van der Waals surface area contributed by atoms with E-state index >= 15 is 0 Å². The predicted molar refractivity (Wildman–Crippen MR) is 118 cm³/mol. The Balaban J connectivity index is 1.33. The first kappa shape index (κ1) is 26.8. The molecule has 2 aromatic rings. The van der Waals surface area contributed by atoms with Crippen LogP contribution in [0, 0.1) is 0 Å². The first-order valence-electron chi connectivity index (χ1n) is 10.7. The number of benzene rings is 2. The van der Waals surface area contributed by atoms with Crippen molar-refractivity contribution in [1.29, 1.82) is 0 Å². The molecular weight excluding hydrogens is 448 g/mol.